The summed E-state index contributed by atoms with van der Waals surface area (Å²) in [6.07, 6.45) is 0. The molecule has 2 aromatic rings. The molecular weight excluding hydrogens is 281 g/mol. The Morgan fingerprint density at radius 1 is 1.16 bits per heavy atom. The third kappa shape index (κ3) is 3.14. The largest absolute Gasteiger partial charge is 0.497 e. The smallest absolute Gasteiger partial charge is 0.120 e. The van der Waals surface area contributed by atoms with Crippen LogP contribution in [0.25, 0.3) is 0 Å². The van der Waals surface area contributed by atoms with Gasteiger partial charge in [0.25, 0.3) is 0 Å². The van der Waals surface area contributed by atoms with Crippen LogP contribution in [0, 0.1) is 0 Å². The van der Waals surface area contributed by atoms with Crippen molar-refractivity contribution in [1.82, 2.24) is 0 Å². The number of benzene rings is 2. The Morgan fingerprint density at radius 3 is 2.63 bits per heavy atom. The van der Waals surface area contributed by atoms with Crippen LogP contribution in [0.3, 0.4) is 0 Å². The van der Waals surface area contributed by atoms with Crippen molar-refractivity contribution in [3.05, 3.63) is 53.1 Å². The Bertz CT molecular complexity index is 572. The van der Waals surface area contributed by atoms with Crippen molar-refractivity contribution in [2.24, 2.45) is 0 Å². The zero-order valence-electron chi connectivity index (χ0n) is 10.9. The standard InChI is InChI=1S/C15H15Cl2NO/c1-18(13-4-3-5-14(9-13)19-2)15-7-6-12(17)8-11(15)10-16/h3-9H,10H2,1-2H3. The fourth-order valence-corrected chi connectivity index (χ4v) is 2.36. The summed E-state index contributed by atoms with van der Waals surface area (Å²) in [6.45, 7) is 0. The van der Waals surface area contributed by atoms with E-state index in [-0.39, 0.29) is 0 Å². The lowest BCUT2D eigenvalue weighted by Gasteiger charge is -2.22. The quantitative estimate of drug-likeness (QED) is 0.747. The molecule has 2 aromatic carbocycles. The van der Waals surface area contributed by atoms with E-state index in [0.717, 1.165) is 22.7 Å². The Hall–Kier alpha value is -1.38. The lowest BCUT2D eigenvalue weighted by atomic mass is 10.1. The number of hydrogen-bond donors (Lipinski definition) is 0. The molecule has 100 valence electrons. The number of hydrogen-bond acceptors (Lipinski definition) is 2. The van der Waals surface area contributed by atoms with E-state index in [0.29, 0.717) is 10.9 Å². The van der Waals surface area contributed by atoms with E-state index in [9.17, 15) is 0 Å². The summed E-state index contributed by atoms with van der Waals surface area (Å²) in [5.41, 5.74) is 3.07. The maximum absolute atomic E-state index is 6.00. The number of nitrogens with zero attached hydrogens (tertiary/aromatic N) is 1. The van der Waals surface area contributed by atoms with Crippen molar-refractivity contribution in [3.63, 3.8) is 0 Å². The van der Waals surface area contributed by atoms with Gasteiger partial charge in [-0.05, 0) is 35.9 Å². The van der Waals surface area contributed by atoms with Gasteiger partial charge < -0.3 is 9.64 Å². The molecule has 19 heavy (non-hydrogen) atoms. The van der Waals surface area contributed by atoms with Crippen molar-refractivity contribution >= 4 is 34.6 Å². The first-order valence-electron chi connectivity index (χ1n) is 5.88. The normalized spacial score (nSPS) is 10.3. The zero-order chi connectivity index (χ0) is 13.8. The Labute approximate surface area is 123 Å². The van der Waals surface area contributed by atoms with Crippen molar-refractivity contribution in [2.75, 3.05) is 19.1 Å². The molecule has 0 bridgehead atoms. The molecular formula is C15H15Cl2NO. The fraction of sp³-hybridized carbons (Fsp3) is 0.200. The number of rotatable bonds is 4. The summed E-state index contributed by atoms with van der Waals surface area (Å²) in [5, 5.41) is 0.693. The van der Waals surface area contributed by atoms with Gasteiger partial charge in [0.15, 0.2) is 0 Å². The summed E-state index contributed by atoms with van der Waals surface area (Å²) >= 11 is 12.0. The highest BCUT2D eigenvalue weighted by Gasteiger charge is 2.10. The molecule has 0 saturated heterocycles. The second kappa shape index (κ2) is 6.18. The molecule has 0 N–H and O–H groups in total. The first-order valence-corrected chi connectivity index (χ1v) is 6.79. The van der Waals surface area contributed by atoms with Crippen molar-refractivity contribution < 1.29 is 4.74 Å². The lowest BCUT2D eigenvalue weighted by Crippen LogP contribution is -2.11. The van der Waals surface area contributed by atoms with Gasteiger partial charge in [0, 0.05) is 35.4 Å². The summed E-state index contributed by atoms with van der Waals surface area (Å²) in [6, 6.07) is 13.6. The average molecular weight is 296 g/mol. The molecule has 2 rings (SSSR count). The molecule has 0 aliphatic carbocycles. The summed E-state index contributed by atoms with van der Waals surface area (Å²) < 4.78 is 5.24. The molecule has 0 aliphatic rings. The van der Waals surface area contributed by atoms with Gasteiger partial charge in [0.05, 0.1) is 7.11 Å². The third-order valence-electron chi connectivity index (χ3n) is 2.99. The van der Waals surface area contributed by atoms with Crippen LogP contribution in [-0.2, 0) is 5.88 Å². The lowest BCUT2D eigenvalue weighted by molar-refractivity contribution is 0.415. The highest BCUT2D eigenvalue weighted by atomic mass is 35.5. The number of methoxy groups -OCH3 is 1. The van der Waals surface area contributed by atoms with Crippen molar-refractivity contribution in [2.45, 2.75) is 5.88 Å². The van der Waals surface area contributed by atoms with Gasteiger partial charge >= 0.3 is 0 Å². The van der Waals surface area contributed by atoms with Gasteiger partial charge in [-0.25, -0.2) is 0 Å². The van der Waals surface area contributed by atoms with Crippen LogP contribution < -0.4 is 9.64 Å². The maximum Gasteiger partial charge on any atom is 0.120 e. The molecule has 2 nitrogen and oxygen atoms in total. The first-order chi connectivity index (χ1) is 9.15. The molecule has 0 aromatic heterocycles. The topological polar surface area (TPSA) is 12.5 Å². The van der Waals surface area contributed by atoms with Crippen molar-refractivity contribution in [3.8, 4) is 5.75 Å². The van der Waals surface area contributed by atoms with E-state index in [4.69, 9.17) is 27.9 Å². The van der Waals surface area contributed by atoms with E-state index in [1.165, 1.54) is 0 Å². The molecule has 0 radical (unpaired) electrons. The van der Waals surface area contributed by atoms with Gasteiger partial charge in [-0.3, -0.25) is 0 Å². The predicted octanol–water partition coefficient (Wildman–Crippen LogP) is 4.86. The van der Waals surface area contributed by atoms with E-state index in [1.807, 2.05) is 49.5 Å². The van der Waals surface area contributed by atoms with Crippen LogP contribution in [-0.4, -0.2) is 14.2 Å². The van der Waals surface area contributed by atoms with Crippen LogP contribution in [0.2, 0.25) is 5.02 Å². The Kier molecular flexibility index (Phi) is 4.56. The van der Waals surface area contributed by atoms with Gasteiger partial charge in [-0.15, -0.1) is 11.6 Å². The van der Waals surface area contributed by atoms with E-state index < -0.39 is 0 Å². The average Bonchev–Trinajstić information content (AvgIpc) is 2.46. The highest BCUT2D eigenvalue weighted by molar-refractivity contribution is 6.30. The number of halogens is 2. The number of ether oxygens (including phenoxy) is 1. The van der Waals surface area contributed by atoms with Crippen molar-refractivity contribution in [1.29, 1.82) is 0 Å². The second-order valence-electron chi connectivity index (χ2n) is 4.17. The van der Waals surface area contributed by atoms with E-state index in [1.54, 1.807) is 7.11 Å². The van der Waals surface area contributed by atoms with Crippen LogP contribution in [0.5, 0.6) is 5.75 Å². The summed E-state index contributed by atoms with van der Waals surface area (Å²) in [7, 11) is 3.65. The fourth-order valence-electron chi connectivity index (χ4n) is 1.95. The molecule has 0 spiro atoms. The minimum Gasteiger partial charge on any atom is -0.497 e. The first kappa shape index (κ1) is 14.0. The molecule has 0 amide bonds. The number of anilines is 2. The van der Waals surface area contributed by atoms with Gasteiger partial charge in [-0.2, -0.15) is 0 Å². The zero-order valence-corrected chi connectivity index (χ0v) is 12.4. The predicted molar refractivity (Wildman–Crippen MR) is 82.1 cm³/mol. The van der Waals surface area contributed by atoms with Gasteiger partial charge in [0.1, 0.15) is 5.75 Å². The van der Waals surface area contributed by atoms with E-state index >= 15 is 0 Å². The monoisotopic (exact) mass is 295 g/mol. The minimum absolute atomic E-state index is 0.421. The Balaban J connectivity index is 2.40. The SMILES string of the molecule is COc1cccc(N(C)c2ccc(Cl)cc2CCl)c1. The Morgan fingerprint density at radius 2 is 1.95 bits per heavy atom. The molecule has 0 fully saturated rings. The molecule has 0 atom stereocenters. The van der Waals surface area contributed by atoms with E-state index in [2.05, 4.69) is 4.90 Å². The minimum atomic E-state index is 0.421. The third-order valence-corrected chi connectivity index (χ3v) is 3.51. The maximum atomic E-state index is 6.00. The van der Waals surface area contributed by atoms with Gasteiger partial charge in [-0.1, -0.05) is 17.7 Å². The van der Waals surface area contributed by atoms with Crippen LogP contribution in [0.4, 0.5) is 11.4 Å². The highest BCUT2D eigenvalue weighted by Crippen LogP contribution is 2.31. The van der Waals surface area contributed by atoms with Crippen LogP contribution in [0.1, 0.15) is 5.56 Å². The molecule has 4 heteroatoms. The van der Waals surface area contributed by atoms with Gasteiger partial charge in [0.2, 0.25) is 0 Å². The molecule has 0 heterocycles. The molecule has 0 saturated carbocycles. The second-order valence-corrected chi connectivity index (χ2v) is 4.87. The summed E-state index contributed by atoms with van der Waals surface area (Å²) in [4.78, 5) is 2.07. The molecule has 0 unspecified atom stereocenters. The number of alkyl halides is 1. The van der Waals surface area contributed by atoms with Crippen LogP contribution in [0.15, 0.2) is 42.5 Å². The summed E-state index contributed by atoms with van der Waals surface area (Å²) in [5.74, 6) is 1.25. The van der Waals surface area contributed by atoms with Crippen LogP contribution >= 0.6 is 23.2 Å². The molecule has 0 aliphatic heterocycles.